The predicted octanol–water partition coefficient (Wildman–Crippen LogP) is 1.88. The summed E-state index contributed by atoms with van der Waals surface area (Å²) in [5, 5.41) is 3.32. The zero-order valence-corrected chi connectivity index (χ0v) is 13.2. The van der Waals surface area contributed by atoms with Crippen LogP contribution in [0.1, 0.15) is 60.3 Å². The summed E-state index contributed by atoms with van der Waals surface area (Å²) in [4.78, 5) is 14.3. The second kappa shape index (κ2) is 6.71. The van der Waals surface area contributed by atoms with Crippen molar-refractivity contribution < 1.29 is 4.79 Å². The van der Waals surface area contributed by atoms with E-state index in [1.807, 2.05) is 20.8 Å². The van der Waals surface area contributed by atoms with E-state index in [4.69, 9.17) is 5.73 Å². The molecule has 0 aromatic carbocycles. The number of hydrogen-bond donors (Lipinski definition) is 2. The molecule has 0 saturated carbocycles. The monoisotopic (exact) mass is 269 g/mol. The fourth-order valence-corrected chi connectivity index (χ4v) is 3.17. The van der Waals surface area contributed by atoms with Crippen molar-refractivity contribution in [2.24, 2.45) is 5.73 Å². The molecule has 3 unspecified atom stereocenters. The van der Waals surface area contributed by atoms with Crippen molar-refractivity contribution in [2.75, 3.05) is 6.54 Å². The van der Waals surface area contributed by atoms with Gasteiger partial charge in [0.05, 0.1) is 5.54 Å². The van der Waals surface area contributed by atoms with E-state index in [0.717, 1.165) is 13.0 Å². The number of hydrogen-bond acceptors (Lipinski definition) is 3. The number of carbonyl (C=O) groups is 1. The topological polar surface area (TPSA) is 58.4 Å². The number of nitrogens with two attached hydrogens (primary N) is 1. The number of nitrogens with zero attached hydrogens (tertiary/aromatic N) is 1. The third kappa shape index (κ3) is 4.46. The highest BCUT2D eigenvalue weighted by atomic mass is 16.1. The van der Waals surface area contributed by atoms with Crippen molar-refractivity contribution in [3.8, 4) is 0 Å². The lowest BCUT2D eigenvalue weighted by atomic mass is 9.92. The molecule has 1 aliphatic heterocycles. The Morgan fingerprint density at radius 3 is 2.32 bits per heavy atom. The number of rotatable bonds is 6. The lowest BCUT2D eigenvalue weighted by molar-refractivity contribution is -0.124. The Morgan fingerprint density at radius 1 is 1.37 bits per heavy atom. The van der Waals surface area contributed by atoms with Gasteiger partial charge in [-0.25, -0.2) is 0 Å². The Labute approximate surface area is 118 Å². The molecule has 1 fully saturated rings. The third-order valence-electron chi connectivity index (χ3n) is 4.40. The van der Waals surface area contributed by atoms with Crippen LogP contribution in [0.15, 0.2) is 0 Å². The van der Waals surface area contributed by atoms with Gasteiger partial charge in [-0.1, -0.05) is 6.42 Å². The van der Waals surface area contributed by atoms with Gasteiger partial charge < -0.3 is 11.1 Å². The maximum Gasteiger partial charge on any atom is 0.237 e. The van der Waals surface area contributed by atoms with Gasteiger partial charge in [0.1, 0.15) is 0 Å². The average Bonchev–Trinajstić information content (AvgIpc) is 2.27. The molecule has 0 spiro atoms. The van der Waals surface area contributed by atoms with Crippen LogP contribution >= 0.6 is 0 Å². The minimum Gasteiger partial charge on any atom is -0.368 e. The molecule has 1 amide bonds. The van der Waals surface area contributed by atoms with E-state index in [2.05, 4.69) is 24.1 Å². The van der Waals surface area contributed by atoms with Crippen LogP contribution in [0.4, 0.5) is 0 Å². The second-order valence-electron chi connectivity index (χ2n) is 6.61. The van der Waals surface area contributed by atoms with Crippen LogP contribution in [0.25, 0.3) is 0 Å². The van der Waals surface area contributed by atoms with Crippen molar-refractivity contribution in [2.45, 2.75) is 84.0 Å². The first-order valence-electron chi connectivity index (χ1n) is 7.59. The standard InChI is InChI=1S/C15H31N3O/c1-11(2)17-15(5,14(16)19)9-10-18-12(3)7-6-8-13(18)4/h11-13,17H,6-10H2,1-5H3,(H2,16,19). The van der Waals surface area contributed by atoms with Crippen molar-refractivity contribution in [1.29, 1.82) is 0 Å². The third-order valence-corrected chi connectivity index (χ3v) is 4.40. The Bertz CT molecular complexity index is 296. The molecule has 0 radical (unpaired) electrons. The van der Waals surface area contributed by atoms with E-state index in [-0.39, 0.29) is 11.9 Å². The Hall–Kier alpha value is -0.610. The predicted molar refractivity (Wildman–Crippen MR) is 80.0 cm³/mol. The summed E-state index contributed by atoms with van der Waals surface area (Å²) in [6.45, 7) is 11.5. The second-order valence-corrected chi connectivity index (χ2v) is 6.61. The summed E-state index contributed by atoms with van der Waals surface area (Å²) in [5.74, 6) is -0.251. The van der Waals surface area contributed by atoms with Crippen molar-refractivity contribution in [3.05, 3.63) is 0 Å². The first-order valence-corrected chi connectivity index (χ1v) is 7.59. The van der Waals surface area contributed by atoms with Gasteiger partial charge in [-0.05, 0) is 53.9 Å². The number of carbonyl (C=O) groups excluding carboxylic acids is 1. The molecule has 4 nitrogen and oxygen atoms in total. The molecule has 0 bridgehead atoms. The normalized spacial score (nSPS) is 28.3. The van der Waals surface area contributed by atoms with Crippen LogP contribution in [0.3, 0.4) is 0 Å². The summed E-state index contributed by atoms with van der Waals surface area (Å²) < 4.78 is 0. The number of amides is 1. The Morgan fingerprint density at radius 2 is 1.89 bits per heavy atom. The van der Waals surface area contributed by atoms with Gasteiger partial charge >= 0.3 is 0 Å². The zero-order valence-electron chi connectivity index (χ0n) is 13.2. The van der Waals surface area contributed by atoms with Crippen LogP contribution in [0, 0.1) is 0 Å². The molecule has 0 aliphatic carbocycles. The van der Waals surface area contributed by atoms with Gasteiger partial charge in [0.15, 0.2) is 0 Å². The largest absolute Gasteiger partial charge is 0.368 e. The lowest BCUT2D eigenvalue weighted by Gasteiger charge is -2.41. The van der Waals surface area contributed by atoms with Gasteiger partial charge in [-0.2, -0.15) is 0 Å². The van der Waals surface area contributed by atoms with Crippen LogP contribution in [0.5, 0.6) is 0 Å². The molecule has 19 heavy (non-hydrogen) atoms. The quantitative estimate of drug-likeness (QED) is 0.774. The van der Waals surface area contributed by atoms with E-state index >= 15 is 0 Å². The lowest BCUT2D eigenvalue weighted by Crippen LogP contribution is -2.57. The highest BCUT2D eigenvalue weighted by Crippen LogP contribution is 2.24. The van der Waals surface area contributed by atoms with Crippen LogP contribution in [-0.2, 0) is 4.79 Å². The molecule has 3 atom stereocenters. The van der Waals surface area contributed by atoms with Gasteiger partial charge in [0, 0.05) is 24.7 Å². The number of likely N-dealkylation sites (tertiary alicyclic amines) is 1. The highest BCUT2D eigenvalue weighted by Gasteiger charge is 2.33. The van der Waals surface area contributed by atoms with E-state index in [0.29, 0.717) is 12.1 Å². The maximum absolute atomic E-state index is 11.7. The van der Waals surface area contributed by atoms with Gasteiger partial charge in [-0.3, -0.25) is 9.69 Å². The Kier molecular flexibility index (Phi) is 5.81. The minimum atomic E-state index is -0.606. The van der Waals surface area contributed by atoms with Gasteiger partial charge in [0.25, 0.3) is 0 Å². The fourth-order valence-electron chi connectivity index (χ4n) is 3.17. The van der Waals surface area contributed by atoms with Crippen molar-refractivity contribution in [1.82, 2.24) is 10.2 Å². The van der Waals surface area contributed by atoms with Crippen molar-refractivity contribution >= 4 is 5.91 Å². The first-order chi connectivity index (χ1) is 8.76. The fraction of sp³-hybridized carbons (Fsp3) is 0.933. The van der Waals surface area contributed by atoms with E-state index in [1.165, 1.54) is 19.3 Å². The van der Waals surface area contributed by atoms with Crippen LogP contribution < -0.4 is 11.1 Å². The van der Waals surface area contributed by atoms with Crippen molar-refractivity contribution in [3.63, 3.8) is 0 Å². The molecule has 112 valence electrons. The molecule has 0 aromatic heterocycles. The summed E-state index contributed by atoms with van der Waals surface area (Å²) in [7, 11) is 0. The number of primary amides is 1. The highest BCUT2D eigenvalue weighted by molar-refractivity contribution is 5.84. The van der Waals surface area contributed by atoms with E-state index in [1.54, 1.807) is 0 Å². The molecule has 1 aliphatic rings. The number of nitrogens with one attached hydrogen (secondary N) is 1. The zero-order chi connectivity index (χ0) is 14.6. The summed E-state index contributed by atoms with van der Waals surface area (Å²) in [6, 6.07) is 1.48. The van der Waals surface area contributed by atoms with Gasteiger partial charge in [0.2, 0.25) is 5.91 Å². The molecule has 4 heteroatoms. The maximum atomic E-state index is 11.7. The smallest absolute Gasteiger partial charge is 0.237 e. The van der Waals surface area contributed by atoms with E-state index < -0.39 is 5.54 Å². The molecule has 1 heterocycles. The SMILES string of the molecule is CC(C)NC(C)(CCN1C(C)CCCC1C)C(N)=O. The van der Waals surface area contributed by atoms with E-state index in [9.17, 15) is 4.79 Å². The molecule has 1 saturated heterocycles. The molecular formula is C15H31N3O. The number of piperidine rings is 1. The molecule has 0 aromatic rings. The minimum absolute atomic E-state index is 0.251. The van der Waals surface area contributed by atoms with Crippen LogP contribution in [-0.4, -0.2) is 41.0 Å². The summed E-state index contributed by atoms with van der Waals surface area (Å²) >= 11 is 0. The van der Waals surface area contributed by atoms with Crippen LogP contribution in [0.2, 0.25) is 0 Å². The first kappa shape index (κ1) is 16.4. The molecule has 3 N–H and O–H groups in total. The molecule has 1 rings (SSSR count). The summed E-state index contributed by atoms with van der Waals surface area (Å²) in [5.41, 5.74) is 4.98. The Balaban J connectivity index is 2.62. The molecular weight excluding hydrogens is 238 g/mol. The average molecular weight is 269 g/mol. The van der Waals surface area contributed by atoms with Gasteiger partial charge in [-0.15, -0.1) is 0 Å². The summed E-state index contributed by atoms with van der Waals surface area (Å²) in [6.07, 6.45) is 4.61.